The van der Waals surface area contributed by atoms with Gasteiger partial charge >= 0.3 is 12.1 Å². The number of carbonyl (C=O) groups excluding carboxylic acids is 4. The molecule has 0 saturated carbocycles. The van der Waals surface area contributed by atoms with E-state index in [4.69, 9.17) is 0 Å². The van der Waals surface area contributed by atoms with Crippen LogP contribution in [-0.4, -0.2) is 34.4 Å². The largest absolute Gasteiger partial charge is 0.416 e. The summed E-state index contributed by atoms with van der Waals surface area (Å²) in [5.74, 6) is -7.40. The summed E-state index contributed by atoms with van der Waals surface area (Å²) in [4.78, 5) is 49.9. The number of alkyl halides is 5. The predicted octanol–water partition coefficient (Wildman–Crippen LogP) is 4.07. The molecular formula is C25H21F5N2O4. The number of nitrogens with one attached hydrogen (secondary N) is 1. The van der Waals surface area contributed by atoms with Gasteiger partial charge in [-0.15, -0.1) is 0 Å². The highest BCUT2D eigenvalue weighted by Gasteiger charge is 2.47. The summed E-state index contributed by atoms with van der Waals surface area (Å²) in [5, 5.41) is 2.19. The first kappa shape index (κ1) is 25.5. The Labute approximate surface area is 202 Å². The number of fused-ring (bicyclic) bond motifs is 1. The smallest absolute Gasteiger partial charge is 0.322 e. The summed E-state index contributed by atoms with van der Waals surface area (Å²) in [6, 6.07) is 5.98. The number of carbonyl (C=O) groups is 4. The lowest BCUT2D eigenvalue weighted by Gasteiger charge is -2.29. The minimum absolute atomic E-state index is 0.0662. The van der Waals surface area contributed by atoms with Crippen molar-refractivity contribution < 1.29 is 41.1 Å². The van der Waals surface area contributed by atoms with Crippen molar-refractivity contribution in [2.24, 2.45) is 0 Å². The lowest BCUT2D eigenvalue weighted by atomic mass is 9.93. The number of nitrogens with zero attached hydrogens (tertiary/aromatic N) is 1. The molecule has 190 valence electrons. The Morgan fingerprint density at radius 2 is 1.75 bits per heavy atom. The number of imide groups is 1. The maximum absolute atomic E-state index is 14.8. The van der Waals surface area contributed by atoms with Crippen LogP contribution in [0.4, 0.5) is 22.0 Å². The van der Waals surface area contributed by atoms with E-state index in [9.17, 15) is 41.1 Å². The van der Waals surface area contributed by atoms with E-state index in [0.717, 1.165) is 6.07 Å². The van der Waals surface area contributed by atoms with Gasteiger partial charge in [-0.1, -0.05) is 29.8 Å². The first-order valence-electron chi connectivity index (χ1n) is 11.1. The predicted molar refractivity (Wildman–Crippen MR) is 116 cm³/mol. The molecule has 0 radical (unpaired) electrons. The molecule has 2 heterocycles. The molecule has 1 unspecified atom stereocenters. The van der Waals surface area contributed by atoms with Gasteiger partial charge in [0.25, 0.3) is 5.91 Å². The van der Waals surface area contributed by atoms with Crippen molar-refractivity contribution in [2.45, 2.75) is 57.3 Å². The number of benzene rings is 2. The van der Waals surface area contributed by atoms with E-state index in [1.165, 1.54) is 24.0 Å². The molecule has 36 heavy (non-hydrogen) atoms. The zero-order valence-corrected chi connectivity index (χ0v) is 19.0. The van der Waals surface area contributed by atoms with Crippen molar-refractivity contribution in [1.82, 2.24) is 10.2 Å². The van der Waals surface area contributed by atoms with Crippen molar-refractivity contribution in [3.63, 3.8) is 0 Å². The van der Waals surface area contributed by atoms with Crippen molar-refractivity contribution in [2.75, 3.05) is 0 Å². The molecule has 0 aromatic heterocycles. The van der Waals surface area contributed by atoms with Gasteiger partial charge in [0.15, 0.2) is 0 Å². The molecule has 1 atom stereocenters. The zero-order valence-electron chi connectivity index (χ0n) is 19.0. The highest BCUT2D eigenvalue weighted by molar-refractivity contribution is 6.05. The third kappa shape index (κ3) is 4.74. The number of rotatable bonds is 6. The molecule has 2 aliphatic heterocycles. The van der Waals surface area contributed by atoms with E-state index in [1.807, 2.05) is 0 Å². The molecule has 6 nitrogen and oxygen atoms in total. The highest BCUT2D eigenvalue weighted by atomic mass is 19.4. The second-order valence-corrected chi connectivity index (χ2v) is 8.94. The number of hydrogen-bond donors (Lipinski definition) is 1. The van der Waals surface area contributed by atoms with Gasteiger partial charge in [0, 0.05) is 30.5 Å². The Morgan fingerprint density at radius 1 is 1.03 bits per heavy atom. The van der Waals surface area contributed by atoms with Crippen LogP contribution in [0.25, 0.3) is 0 Å². The summed E-state index contributed by atoms with van der Waals surface area (Å²) in [6.45, 7) is 1.40. The van der Waals surface area contributed by atoms with E-state index >= 15 is 0 Å². The summed E-state index contributed by atoms with van der Waals surface area (Å²) in [6.07, 6.45) is -5.68. The lowest BCUT2D eigenvalue weighted by molar-refractivity contribution is -0.151. The van der Waals surface area contributed by atoms with Gasteiger partial charge in [-0.25, -0.2) is 0 Å². The van der Waals surface area contributed by atoms with Crippen LogP contribution in [0.1, 0.15) is 57.4 Å². The molecule has 2 aromatic carbocycles. The van der Waals surface area contributed by atoms with Crippen LogP contribution < -0.4 is 5.32 Å². The summed E-state index contributed by atoms with van der Waals surface area (Å²) < 4.78 is 69.6. The summed E-state index contributed by atoms with van der Waals surface area (Å²) in [5.41, 5.74) is -1.52. The van der Waals surface area contributed by atoms with Gasteiger partial charge in [-0.2, -0.15) is 22.0 Å². The normalized spacial score (nSPS) is 18.3. The van der Waals surface area contributed by atoms with Crippen molar-refractivity contribution in [3.8, 4) is 0 Å². The fourth-order valence-electron chi connectivity index (χ4n) is 4.51. The van der Waals surface area contributed by atoms with Gasteiger partial charge in [0.2, 0.25) is 17.6 Å². The van der Waals surface area contributed by atoms with Crippen molar-refractivity contribution in [1.29, 1.82) is 0 Å². The van der Waals surface area contributed by atoms with E-state index < -0.39 is 59.2 Å². The maximum atomic E-state index is 14.8. The van der Waals surface area contributed by atoms with E-state index in [1.54, 1.807) is 6.07 Å². The quantitative estimate of drug-likeness (QED) is 0.471. The average molecular weight is 508 g/mol. The SMILES string of the molecule is Cc1ccc(C(F)(F)C(=O)CCc2ccc3c(c2)CN(C2CCC(=O)NC2=O)C3=O)c(C(F)(F)F)c1. The Kier molecular flexibility index (Phi) is 6.44. The number of piperidine rings is 1. The Hall–Kier alpha value is -3.63. The highest BCUT2D eigenvalue weighted by Crippen LogP contribution is 2.41. The molecule has 0 spiro atoms. The van der Waals surface area contributed by atoms with Crippen LogP contribution in [0.5, 0.6) is 0 Å². The minimum Gasteiger partial charge on any atom is -0.322 e. The average Bonchev–Trinajstić information content (AvgIpc) is 3.12. The lowest BCUT2D eigenvalue weighted by Crippen LogP contribution is -2.52. The molecule has 0 aliphatic carbocycles. The summed E-state index contributed by atoms with van der Waals surface area (Å²) in [7, 11) is 0. The molecular weight excluding hydrogens is 487 g/mol. The molecule has 1 saturated heterocycles. The molecule has 0 bridgehead atoms. The van der Waals surface area contributed by atoms with Crippen LogP contribution in [-0.2, 0) is 39.4 Å². The second-order valence-electron chi connectivity index (χ2n) is 8.94. The van der Waals surface area contributed by atoms with Crippen LogP contribution >= 0.6 is 0 Å². The topological polar surface area (TPSA) is 83.6 Å². The first-order chi connectivity index (χ1) is 16.8. The van der Waals surface area contributed by atoms with Crippen molar-refractivity contribution in [3.05, 3.63) is 69.8 Å². The van der Waals surface area contributed by atoms with Gasteiger partial charge in [0.1, 0.15) is 6.04 Å². The Morgan fingerprint density at radius 3 is 2.42 bits per heavy atom. The third-order valence-electron chi connectivity index (χ3n) is 6.40. The van der Waals surface area contributed by atoms with E-state index in [0.29, 0.717) is 28.8 Å². The fraction of sp³-hybridized carbons (Fsp3) is 0.360. The number of Topliss-reactive ketones (excluding diaryl/α,β-unsaturated/α-hetero) is 1. The van der Waals surface area contributed by atoms with Gasteiger partial charge in [0.05, 0.1) is 5.56 Å². The fourth-order valence-corrected chi connectivity index (χ4v) is 4.51. The van der Waals surface area contributed by atoms with Crippen molar-refractivity contribution >= 4 is 23.5 Å². The monoisotopic (exact) mass is 508 g/mol. The molecule has 2 aromatic rings. The molecule has 1 fully saturated rings. The van der Waals surface area contributed by atoms with Gasteiger partial charge in [-0.3, -0.25) is 24.5 Å². The van der Waals surface area contributed by atoms with Crippen LogP contribution in [0.15, 0.2) is 36.4 Å². The van der Waals surface area contributed by atoms with Gasteiger partial charge in [-0.05, 0) is 43.0 Å². The zero-order chi connectivity index (χ0) is 26.4. The van der Waals surface area contributed by atoms with E-state index in [2.05, 4.69) is 5.32 Å². The number of ketones is 1. The molecule has 3 amide bonds. The Bertz CT molecular complexity index is 1270. The van der Waals surface area contributed by atoms with Crippen LogP contribution in [0.2, 0.25) is 0 Å². The molecule has 4 rings (SSSR count). The number of aryl methyl sites for hydroxylation is 2. The Balaban J connectivity index is 1.48. The minimum atomic E-state index is -5.05. The second kappa shape index (κ2) is 9.11. The number of halogens is 5. The maximum Gasteiger partial charge on any atom is 0.416 e. The van der Waals surface area contributed by atoms with Gasteiger partial charge < -0.3 is 4.90 Å². The van der Waals surface area contributed by atoms with E-state index in [-0.39, 0.29) is 31.4 Å². The molecule has 1 N–H and O–H groups in total. The first-order valence-corrected chi connectivity index (χ1v) is 11.1. The molecule has 2 aliphatic rings. The third-order valence-corrected chi connectivity index (χ3v) is 6.40. The number of hydrogen-bond acceptors (Lipinski definition) is 4. The molecule has 11 heteroatoms. The van der Waals surface area contributed by atoms with Crippen LogP contribution in [0.3, 0.4) is 0 Å². The van der Waals surface area contributed by atoms with Crippen LogP contribution in [0, 0.1) is 6.92 Å². The number of amides is 3. The summed E-state index contributed by atoms with van der Waals surface area (Å²) >= 11 is 0. The standard InChI is InChI=1S/C25H21F5N2O4/c1-13-2-6-17(18(10-13)25(28,29)30)24(26,27)20(33)8-4-14-3-5-16-15(11-14)12-32(23(16)36)19-7-9-21(34)31-22(19)35/h2-3,5-6,10-11,19H,4,7-9,12H2,1H3,(H,31,34,35).